The minimum absolute atomic E-state index is 0.0209. The Morgan fingerprint density at radius 3 is 2.02 bits per heavy atom. The Hall–Kier alpha value is -2.92. The van der Waals surface area contributed by atoms with Crippen molar-refractivity contribution >= 4 is 11.7 Å². The second kappa shape index (κ2) is 12.5. The number of rotatable bonds is 7. The molecular formula is C30H34F6N2O3. The van der Waals surface area contributed by atoms with Gasteiger partial charge in [-0.2, -0.15) is 26.3 Å². The number of carbonyl (C=O) groups is 2. The zero-order valence-corrected chi connectivity index (χ0v) is 23.0. The summed E-state index contributed by atoms with van der Waals surface area (Å²) in [6, 6.07) is 10.8. The topological polar surface area (TPSA) is 49.9 Å². The number of piperidine rings is 2. The number of ether oxygens (including phenoxy) is 1. The van der Waals surface area contributed by atoms with Crippen LogP contribution in [0.25, 0.3) is 0 Å². The number of hydrogen-bond donors (Lipinski definition) is 0. The van der Waals surface area contributed by atoms with Crippen LogP contribution in [0.3, 0.4) is 0 Å². The first-order chi connectivity index (χ1) is 19.2. The molecule has 2 heterocycles. The number of halogens is 6. The molecule has 0 bridgehead atoms. The molecular weight excluding hydrogens is 550 g/mol. The maximum atomic E-state index is 13.5. The highest BCUT2D eigenvalue weighted by Crippen LogP contribution is 2.40. The first kappa shape index (κ1) is 31.0. The van der Waals surface area contributed by atoms with Crippen LogP contribution in [0, 0.1) is 5.92 Å². The lowest BCUT2D eigenvalue weighted by molar-refractivity contribution is -0.143. The molecule has 0 aliphatic carbocycles. The van der Waals surface area contributed by atoms with Crippen LogP contribution in [0.15, 0.2) is 48.5 Å². The van der Waals surface area contributed by atoms with Crippen LogP contribution in [-0.4, -0.2) is 60.3 Å². The molecule has 2 saturated heterocycles. The van der Waals surface area contributed by atoms with E-state index in [4.69, 9.17) is 4.74 Å². The lowest BCUT2D eigenvalue weighted by Gasteiger charge is -2.42. The molecule has 0 radical (unpaired) electrons. The predicted molar refractivity (Wildman–Crippen MR) is 140 cm³/mol. The summed E-state index contributed by atoms with van der Waals surface area (Å²) in [6.45, 7) is 5.36. The van der Waals surface area contributed by atoms with Crippen molar-refractivity contribution in [1.29, 1.82) is 0 Å². The molecule has 0 spiro atoms. The number of likely N-dealkylation sites (tertiary alicyclic amines) is 2. The van der Waals surface area contributed by atoms with E-state index in [9.17, 15) is 35.9 Å². The van der Waals surface area contributed by atoms with Crippen molar-refractivity contribution < 1.29 is 40.7 Å². The summed E-state index contributed by atoms with van der Waals surface area (Å²) < 4.78 is 86.8. The molecule has 1 amide bonds. The van der Waals surface area contributed by atoms with Gasteiger partial charge in [0.05, 0.1) is 29.9 Å². The minimum Gasteiger partial charge on any atom is -0.370 e. The van der Waals surface area contributed by atoms with Gasteiger partial charge in [-0.1, -0.05) is 30.3 Å². The molecule has 5 nitrogen and oxygen atoms in total. The van der Waals surface area contributed by atoms with Crippen molar-refractivity contribution in [3.8, 4) is 0 Å². The normalized spacial score (nSPS) is 22.0. The number of ketones is 1. The Morgan fingerprint density at radius 1 is 0.902 bits per heavy atom. The Bertz CT molecular complexity index is 1180. The van der Waals surface area contributed by atoms with Crippen LogP contribution in [0.2, 0.25) is 0 Å². The smallest absolute Gasteiger partial charge is 0.370 e. The second-order valence-corrected chi connectivity index (χ2v) is 11.0. The maximum Gasteiger partial charge on any atom is 0.416 e. The summed E-state index contributed by atoms with van der Waals surface area (Å²) in [5, 5.41) is 0. The number of Topliss-reactive ketones (excluding diaryl/α,β-unsaturated/α-hetero) is 1. The van der Waals surface area contributed by atoms with E-state index < -0.39 is 35.7 Å². The van der Waals surface area contributed by atoms with Crippen LogP contribution in [0.4, 0.5) is 26.3 Å². The van der Waals surface area contributed by atoms with Crippen molar-refractivity contribution in [3.05, 3.63) is 70.8 Å². The number of alkyl halides is 6. The van der Waals surface area contributed by atoms with Crippen LogP contribution in [0.1, 0.15) is 67.4 Å². The monoisotopic (exact) mass is 584 g/mol. The zero-order valence-electron chi connectivity index (χ0n) is 23.0. The molecule has 4 rings (SSSR count). The van der Waals surface area contributed by atoms with Gasteiger partial charge in [-0.3, -0.25) is 14.5 Å². The summed E-state index contributed by atoms with van der Waals surface area (Å²) in [5.41, 5.74) is -2.10. The van der Waals surface area contributed by atoms with Crippen molar-refractivity contribution in [2.45, 2.75) is 63.6 Å². The van der Waals surface area contributed by atoms with Gasteiger partial charge in [0, 0.05) is 24.9 Å². The quantitative estimate of drug-likeness (QED) is 0.350. The van der Waals surface area contributed by atoms with Gasteiger partial charge >= 0.3 is 12.4 Å². The van der Waals surface area contributed by atoms with Crippen LogP contribution >= 0.6 is 0 Å². The Morgan fingerprint density at radius 2 is 1.49 bits per heavy atom. The molecule has 2 aromatic carbocycles. The van der Waals surface area contributed by atoms with Gasteiger partial charge in [-0.15, -0.1) is 0 Å². The van der Waals surface area contributed by atoms with E-state index in [1.165, 1.54) is 13.8 Å². The first-order valence-corrected chi connectivity index (χ1v) is 13.7. The summed E-state index contributed by atoms with van der Waals surface area (Å²) in [5.74, 6) is -0.386. The number of carbonyl (C=O) groups excluding carboxylic acids is 2. The predicted octanol–water partition coefficient (Wildman–Crippen LogP) is 6.49. The van der Waals surface area contributed by atoms with Gasteiger partial charge in [0.25, 0.3) is 0 Å². The fourth-order valence-corrected chi connectivity index (χ4v) is 5.78. The average Bonchev–Trinajstić information content (AvgIpc) is 2.92. The lowest BCUT2D eigenvalue weighted by atomic mass is 9.86. The zero-order chi connectivity index (χ0) is 29.9. The van der Waals surface area contributed by atoms with E-state index in [-0.39, 0.29) is 35.2 Å². The fraction of sp³-hybridized carbons (Fsp3) is 0.533. The Labute approximate surface area is 235 Å². The molecule has 2 fully saturated rings. The van der Waals surface area contributed by atoms with Crippen molar-refractivity contribution in [2.75, 3.05) is 32.7 Å². The summed E-state index contributed by atoms with van der Waals surface area (Å²) in [6.07, 6.45) is -9.81. The molecule has 0 N–H and O–H groups in total. The first-order valence-electron chi connectivity index (χ1n) is 13.7. The molecule has 0 saturated carbocycles. The molecule has 0 aromatic heterocycles. The van der Waals surface area contributed by atoms with Gasteiger partial charge in [0.15, 0.2) is 0 Å². The van der Waals surface area contributed by atoms with E-state index in [1.54, 1.807) is 4.90 Å². The molecule has 11 heteroatoms. The van der Waals surface area contributed by atoms with Crippen molar-refractivity contribution in [3.63, 3.8) is 0 Å². The molecule has 224 valence electrons. The van der Waals surface area contributed by atoms with E-state index in [2.05, 4.69) is 0 Å². The third-order valence-corrected chi connectivity index (χ3v) is 7.93. The van der Waals surface area contributed by atoms with Crippen LogP contribution < -0.4 is 0 Å². The van der Waals surface area contributed by atoms with E-state index in [1.807, 2.05) is 35.2 Å². The van der Waals surface area contributed by atoms with Crippen molar-refractivity contribution in [2.24, 2.45) is 5.92 Å². The summed E-state index contributed by atoms with van der Waals surface area (Å²) in [4.78, 5) is 28.7. The summed E-state index contributed by atoms with van der Waals surface area (Å²) >= 11 is 0. The average molecular weight is 585 g/mol. The molecule has 41 heavy (non-hydrogen) atoms. The highest BCUT2D eigenvalue weighted by molar-refractivity contribution is 5.79. The van der Waals surface area contributed by atoms with Crippen molar-refractivity contribution in [1.82, 2.24) is 9.80 Å². The molecule has 2 aliphatic heterocycles. The largest absolute Gasteiger partial charge is 0.416 e. The summed E-state index contributed by atoms with van der Waals surface area (Å²) in [7, 11) is 0. The van der Waals surface area contributed by atoms with Crippen LogP contribution in [-0.2, 0) is 26.7 Å². The number of hydrogen-bond acceptors (Lipinski definition) is 4. The number of nitrogens with zero attached hydrogens (tertiary/aromatic N) is 2. The Kier molecular flexibility index (Phi) is 9.48. The molecule has 3 atom stereocenters. The van der Waals surface area contributed by atoms with Gasteiger partial charge in [0.2, 0.25) is 5.91 Å². The molecule has 2 aromatic rings. The highest BCUT2D eigenvalue weighted by Gasteiger charge is 2.40. The SMILES string of the molecule is CC(=O)CN1CCC(C(=O)N2CCC(O[C@H](C)c3cc(C(F)(F)F)cc(C(F)(F)F)c3)C(c3ccccc3)C2)CC1. The maximum absolute atomic E-state index is 13.5. The number of amides is 1. The lowest BCUT2D eigenvalue weighted by Crippen LogP contribution is -2.49. The highest BCUT2D eigenvalue weighted by atomic mass is 19.4. The third-order valence-electron chi connectivity index (χ3n) is 7.93. The Balaban J connectivity index is 1.51. The second-order valence-electron chi connectivity index (χ2n) is 11.0. The molecule has 2 unspecified atom stereocenters. The molecule has 2 aliphatic rings. The third kappa shape index (κ3) is 7.88. The van der Waals surface area contributed by atoms with E-state index in [0.717, 1.165) is 5.56 Å². The standard InChI is InChI=1S/C30H34F6N2O3/c1-19(39)17-37-11-8-22(9-12-37)28(40)38-13-10-27(26(18-38)21-6-4-3-5-7-21)41-20(2)23-14-24(29(31,32)33)16-25(15-23)30(34,35)36/h3-7,14-16,20,22,26-27H,8-13,17-18H2,1-2H3/t20-,26?,27?/m1/s1. The van der Waals surface area contributed by atoms with Gasteiger partial charge in [-0.05, 0) is 75.5 Å². The van der Waals surface area contributed by atoms with Gasteiger partial charge in [0.1, 0.15) is 5.78 Å². The minimum atomic E-state index is -4.95. The number of benzene rings is 2. The van der Waals surface area contributed by atoms with E-state index in [0.29, 0.717) is 64.1 Å². The van der Waals surface area contributed by atoms with Gasteiger partial charge < -0.3 is 9.64 Å². The van der Waals surface area contributed by atoms with Gasteiger partial charge in [-0.25, -0.2) is 0 Å². The fourth-order valence-electron chi connectivity index (χ4n) is 5.78. The van der Waals surface area contributed by atoms with Crippen LogP contribution in [0.5, 0.6) is 0 Å². The van der Waals surface area contributed by atoms with E-state index >= 15 is 0 Å².